The summed E-state index contributed by atoms with van der Waals surface area (Å²) < 4.78 is 5.24. The molecule has 0 fully saturated rings. The maximum absolute atomic E-state index is 11.4. The maximum Gasteiger partial charge on any atom is 0.163 e. The van der Waals surface area contributed by atoms with Gasteiger partial charge in [0.25, 0.3) is 0 Å². The van der Waals surface area contributed by atoms with Crippen LogP contribution in [-0.2, 0) is 0 Å². The highest BCUT2D eigenvalue weighted by Crippen LogP contribution is 2.27. The Bertz CT molecular complexity index is 651. The van der Waals surface area contributed by atoms with Crippen molar-refractivity contribution in [3.8, 4) is 22.9 Å². The Morgan fingerprint density at radius 1 is 1.11 bits per heavy atom. The molecule has 2 aromatic rings. The van der Waals surface area contributed by atoms with Crippen molar-refractivity contribution < 1.29 is 9.53 Å². The highest BCUT2D eigenvalue weighted by Gasteiger charge is 2.09. The molecule has 0 aliphatic rings. The predicted octanol–water partition coefficient (Wildman–Crippen LogP) is 3.44. The van der Waals surface area contributed by atoms with Crippen LogP contribution in [-0.4, -0.2) is 12.9 Å². The molecule has 0 radical (unpaired) electrons. The fraction of sp³-hybridized carbons (Fsp3) is 0.125. The van der Waals surface area contributed by atoms with Crippen molar-refractivity contribution in [1.82, 2.24) is 0 Å². The van der Waals surface area contributed by atoms with E-state index in [2.05, 4.69) is 6.07 Å². The Morgan fingerprint density at radius 2 is 1.74 bits per heavy atom. The molecule has 0 aromatic heterocycles. The van der Waals surface area contributed by atoms with Gasteiger partial charge in [-0.1, -0.05) is 18.2 Å². The first-order chi connectivity index (χ1) is 9.15. The Labute approximate surface area is 112 Å². The molecule has 0 amide bonds. The Morgan fingerprint density at radius 3 is 2.26 bits per heavy atom. The van der Waals surface area contributed by atoms with Crippen LogP contribution in [0.25, 0.3) is 11.1 Å². The van der Waals surface area contributed by atoms with E-state index in [4.69, 9.17) is 10.00 Å². The average Bonchev–Trinajstić information content (AvgIpc) is 2.46. The van der Waals surface area contributed by atoms with Crippen LogP contribution in [0.1, 0.15) is 22.8 Å². The molecule has 0 unspecified atom stereocenters. The van der Waals surface area contributed by atoms with Crippen molar-refractivity contribution in [2.45, 2.75) is 6.92 Å². The molecule has 19 heavy (non-hydrogen) atoms. The van der Waals surface area contributed by atoms with Gasteiger partial charge in [0.2, 0.25) is 0 Å². The van der Waals surface area contributed by atoms with Gasteiger partial charge in [0.05, 0.1) is 24.3 Å². The quantitative estimate of drug-likeness (QED) is 0.785. The van der Waals surface area contributed by atoms with Crippen LogP contribution in [0.3, 0.4) is 0 Å². The van der Waals surface area contributed by atoms with Gasteiger partial charge in [-0.2, -0.15) is 5.26 Å². The Kier molecular flexibility index (Phi) is 3.63. The SMILES string of the molecule is COc1cc(-c2ccc(C#N)cc2)ccc1C(C)=O. The first-order valence-electron chi connectivity index (χ1n) is 5.85. The molecule has 0 atom stereocenters. The zero-order valence-electron chi connectivity index (χ0n) is 10.8. The van der Waals surface area contributed by atoms with Gasteiger partial charge in [0, 0.05) is 0 Å². The number of nitrogens with zero attached hydrogens (tertiary/aromatic N) is 1. The van der Waals surface area contributed by atoms with E-state index in [1.54, 1.807) is 25.3 Å². The molecular weight excluding hydrogens is 238 g/mol. The molecule has 3 nitrogen and oxygen atoms in total. The molecule has 0 N–H and O–H groups in total. The van der Waals surface area contributed by atoms with Crippen LogP contribution >= 0.6 is 0 Å². The van der Waals surface area contributed by atoms with Crippen molar-refractivity contribution in [2.75, 3.05) is 7.11 Å². The van der Waals surface area contributed by atoms with Crippen molar-refractivity contribution in [2.24, 2.45) is 0 Å². The van der Waals surface area contributed by atoms with E-state index in [1.807, 2.05) is 24.3 Å². The minimum absolute atomic E-state index is 0.0248. The lowest BCUT2D eigenvalue weighted by Crippen LogP contribution is -1.97. The van der Waals surface area contributed by atoms with Gasteiger partial charge in [-0.15, -0.1) is 0 Å². The second kappa shape index (κ2) is 5.36. The number of Topliss-reactive ketones (excluding diaryl/α,β-unsaturated/α-hetero) is 1. The van der Waals surface area contributed by atoms with Gasteiger partial charge in [-0.05, 0) is 42.3 Å². The molecule has 94 valence electrons. The van der Waals surface area contributed by atoms with Gasteiger partial charge in [-0.25, -0.2) is 0 Å². The molecule has 2 aromatic carbocycles. The normalized spacial score (nSPS) is 9.74. The molecule has 2 rings (SSSR count). The number of rotatable bonds is 3. The number of hydrogen-bond acceptors (Lipinski definition) is 3. The highest BCUT2D eigenvalue weighted by molar-refractivity contribution is 5.97. The Hall–Kier alpha value is -2.60. The van der Waals surface area contributed by atoms with E-state index in [0.29, 0.717) is 16.9 Å². The van der Waals surface area contributed by atoms with Gasteiger partial charge in [0.15, 0.2) is 5.78 Å². The van der Waals surface area contributed by atoms with Crippen LogP contribution in [0, 0.1) is 11.3 Å². The Balaban J connectivity index is 2.45. The second-order valence-corrected chi connectivity index (χ2v) is 4.16. The summed E-state index contributed by atoms with van der Waals surface area (Å²) in [5.74, 6) is 0.539. The van der Waals surface area contributed by atoms with E-state index in [1.165, 1.54) is 6.92 Å². The topological polar surface area (TPSA) is 50.1 Å². The third-order valence-electron chi connectivity index (χ3n) is 2.93. The lowest BCUT2D eigenvalue weighted by Gasteiger charge is -2.09. The molecule has 0 saturated carbocycles. The average molecular weight is 251 g/mol. The number of carbonyl (C=O) groups excluding carboxylic acids is 1. The van der Waals surface area contributed by atoms with E-state index in [0.717, 1.165) is 11.1 Å². The molecule has 0 aliphatic heterocycles. The zero-order valence-corrected chi connectivity index (χ0v) is 10.8. The fourth-order valence-corrected chi connectivity index (χ4v) is 1.90. The highest BCUT2D eigenvalue weighted by atomic mass is 16.5. The van der Waals surface area contributed by atoms with Gasteiger partial charge in [0.1, 0.15) is 5.75 Å². The summed E-state index contributed by atoms with van der Waals surface area (Å²) >= 11 is 0. The molecule has 0 spiro atoms. The number of nitriles is 1. The number of hydrogen-bond donors (Lipinski definition) is 0. The summed E-state index contributed by atoms with van der Waals surface area (Å²) in [5.41, 5.74) is 3.12. The monoisotopic (exact) mass is 251 g/mol. The standard InChI is InChI=1S/C16H13NO2/c1-11(18)15-8-7-14(9-16(15)19-2)13-5-3-12(10-17)4-6-13/h3-9H,1-2H3. The fourth-order valence-electron chi connectivity index (χ4n) is 1.90. The largest absolute Gasteiger partial charge is 0.496 e. The van der Waals surface area contributed by atoms with Crippen molar-refractivity contribution in [1.29, 1.82) is 5.26 Å². The zero-order chi connectivity index (χ0) is 13.8. The number of benzene rings is 2. The van der Waals surface area contributed by atoms with Gasteiger partial charge >= 0.3 is 0 Å². The molecule has 3 heteroatoms. The summed E-state index contributed by atoms with van der Waals surface area (Å²) in [7, 11) is 1.55. The summed E-state index contributed by atoms with van der Waals surface area (Å²) in [6.07, 6.45) is 0. The molecular formula is C16H13NO2. The summed E-state index contributed by atoms with van der Waals surface area (Å²) in [5, 5.41) is 8.77. The van der Waals surface area contributed by atoms with Gasteiger partial charge < -0.3 is 4.74 Å². The molecule has 0 heterocycles. The van der Waals surface area contributed by atoms with Gasteiger partial charge in [-0.3, -0.25) is 4.79 Å². The van der Waals surface area contributed by atoms with Crippen molar-refractivity contribution in [3.63, 3.8) is 0 Å². The third-order valence-corrected chi connectivity index (χ3v) is 2.93. The van der Waals surface area contributed by atoms with E-state index in [-0.39, 0.29) is 5.78 Å². The lowest BCUT2D eigenvalue weighted by atomic mass is 10.0. The molecule has 0 aliphatic carbocycles. The van der Waals surface area contributed by atoms with Crippen LogP contribution in [0.5, 0.6) is 5.75 Å². The van der Waals surface area contributed by atoms with E-state index < -0.39 is 0 Å². The number of ether oxygens (including phenoxy) is 1. The molecule has 0 bridgehead atoms. The summed E-state index contributed by atoms with van der Waals surface area (Å²) in [6, 6.07) is 14.8. The van der Waals surface area contributed by atoms with Crippen molar-refractivity contribution in [3.05, 3.63) is 53.6 Å². The minimum Gasteiger partial charge on any atom is -0.496 e. The number of carbonyl (C=O) groups is 1. The minimum atomic E-state index is -0.0248. The predicted molar refractivity (Wildman–Crippen MR) is 73.1 cm³/mol. The van der Waals surface area contributed by atoms with Crippen LogP contribution in [0.2, 0.25) is 0 Å². The van der Waals surface area contributed by atoms with Crippen LogP contribution in [0.15, 0.2) is 42.5 Å². The lowest BCUT2D eigenvalue weighted by molar-refractivity contribution is 0.101. The second-order valence-electron chi connectivity index (χ2n) is 4.16. The maximum atomic E-state index is 11.4. The smallest absolute Gasteiger partial charge is 0.163 e. The number of ketones is 1. The first kappa shape index (κ1) is 12.8. The number of methoxy groups -OCH3 is 1. The summed E-state index contributed by atoms with van der Waals surface area (Å²) in [4.78, 5) is 11.4. The third kappa shape index (κ3) is 2.63. The van der Waals surface area contributed by atoms with E-state index >= 15 is 0 Å². The van der Waals surface area contributed by atoms with Crippen LogP contribution in [0.4, 0.5) is 0 Å². The van der Waals surface area contributed by atoms with E-state index in [9.17, 15) is 4.79 Å². The molecule has 0 saturated heterocycles. The summed E-state index contributed by atoms with van der Waals surface area (Å²) in [6.45, 7) is 1.51. The van der Waals surface area contributed by atoms with Crippen molar-refractivity contribution >= 4 is 5.78 Å². The first-order valence-corrected chi connectivity index (χ1v) is 5.85. The van der Waals surface area contributed by atoms with Crippen LogP contribution < -0.4 is 4.74 Å².